The molecule has 0 aromatic carbocycles. The van der Waals surface area contributed by atoms with E-state index in [0.717, 1.165) is 43.8 Å². The minimum atomic E-state index is 0.261. The van der Waals surface area contributed by atoms with Crippen molar-refractivity contribution in [3.05, 3.63) is 11.8 Å². The quantitative estimate of drug-likeness (QED) is 0.737. The van der Waals surface area contributed by atoms with Gasteiger partial charge in [0.15, 0.2) is 5.78 Å². The van der Waals surface area contributed by atoms with Crippen molar-refractivity contribution in [3.8, 4) is 0 Å². The van der Waals surface area contributed by atoms with E-state index in [-0.39, 0.29) is 5.92 Å². The lowest BCUT2D eigenvalue weighted by molar-refractivity contribution is -0.121. The van der Waals surface area contributed by atoms with Crippen LogP contribution in [0.5, 0.6) is 0 Å². The SMILES string of the molecule is CC(C)(C)C1CCC(C(=O)C2=COCCC2)CC1. The average molecular weight is 250 g/mol. The first-order valence-electron chi connectivity index (χ1n) is 7.33. The molecule has 2 nitrogen and oxygen atoms in total. The van der Waals surface area contributed by atoms with E-state index in [1.54, 1.807) is 6.26 Å². The van der Waals surface area contributed by atoms with Crippen LogP contribution in [0.4, 0.5) is 0 Å². The van der Waals surface area contributed by atoms with Crippen molar-refractivity contribution in [2.75, 3.05) is 6.61 Å². The van der Waals surface area contributed by atoms with Gasteiger partial charge in [0, 0.05) is 11.5 Å². The van der Waals surface area contributed by atoms with Crippen LogP contribution in [0.2, 0.25) is 0 Å². The molecule has 1 heterocycles. The number of ketones is 1. The molecule has 1 aliphatic heterocycles. The van der Waals surface area contributed by atoms with Gasteiger partial charge < -0.3 is 4.74 Å². The zero-order chi connectivity index (χ0) is 13.2. The number of carbonyl (C=O) groups excluding carboxylic acids is 1. The van der Waals surface area contributed by atoms with Crippen LogP contribution in [0.15, 0.2) is 11.8 Å². The third-order valence-corrected chi connectivity index (χ3v) is 4.57. The summed E-state index contributed by atoms with van der Waals surface area (Å²) in [7, 11) is 0. The van der Waals surface area contributed by atoms with Crippen molar-refractivity contribution in [1.82, 2.24) is 0 Å². The van der Waals surface area contributed by atoms with Gasteiger partial charge in [0.05, 0.1) is 12.9 Å². The second-order valence-corrected chi connectivity index (χ2v) is 6.90. The molecule has 2 rings (SSSR count). The average Bonchev–Trinajstić information content (AvgIpc) is 2.38. The van der Waals surface area contributed by atoms with E-state index in [0.29, 0.717) is 11.2 Å². The Kier molecular flexibility index (Phi) is 4.14. The smallest absolute Gasteiger partial charge is 0.164 e. The zero-order valence-electron chi connectivity index (χ0n) is 12.0. The molecule has 1 fully saturated rings. The molecule has 0 spiro atoms. The third-order valence-electron chi connectivity index (χ3n) is 4.57. The molecule has 1 saturated carbocycles. The summed E-state index contributed by atoms with van der Waals surface area (Å²) in [6, 6.07) is 0. The van der Waals surface area contributed by atoms with Crippen LogP contribution < -0.4 is 0 Å². The van der Waals surface area contributed by atoms with Gasteiger partial charge in [-0.1, -0.05) is 20.8 Å². The topological polar surface area (TPSA) is 26.3 Å². The van der Waals surface area contributed by atoms with Gasteiger partial charge in [-0.25, -0.2) is 0 Å². The summed E-state index contributed by atoms with van der Waals surface area (Å²) in [6.45, 7) is 7.72. The number of hydrogen-bond donors (Lipinski definition) is 0. The minimum Gasteiger partial charge on any atom is -0.501 e. The Morgan fingerprint density at radius 3 is 2.39 bits per heavy atom. The van der Waals surface area contributed by atoms with Crippen LogP contribution in [0.3, 0.4) is 0 Å². The van der Waals surface area contributed by atoms with Crippen LogP contribution in [-0.4, -0.2) is 12.4 Å². The predicted molar refractivity (Wildman–Crippen MR) is 73.2 cm³/mol. The lowest BCUT2D eigenvalue weighted by Crippen LogP contribution is -2.29. The van der Waals surface area contributed by atoms with Crippen molar-refractivity contribution >= 4 is 5.78 Å². The summed E-state index contributed by atoms with van der Waals surface area (Å²) in [5, 5.41) is 0. The maximum atomic E-state index is 12.4. The number of Topliss-reactive ketones (excluding diaryl/α,β-unsaturated/α-hetero) is 1. The third kappa shape index (κ3) is 3.15. The summed E-state index contributed by atoms with van der Waals surface area (Å²) in [4.78, 5) is 12.4. The van der Waals surface area contributed by atoms with Gasteiger partial charge in [-0.15, -0.1) is 0 Å². The van der Waals surface area contributed by atoms with Crippen LogP contribution >= 0.6 is 0 Å². The minimum absolute atomic E-state index is 0.261. The fraction of sp³-hybridized carbons (Fsp3) is 0.812. The number of ether oxygens (including phenoxy) is 1. The Bertz CT molecular complexity index is 327. The van der Waals surface area contributed by atoms with Gasteiger partial charge in [-0.3, -0.25) is 4.79 Å². The summed E-state index contributed by atoms with van der Waals surface area (Å²) >= 11 is 0. The normalized spacial score (nSPS) is 29.4. The molecule has 0 unspecified atom stereocenters. The molecule has 0 atom stereocenters. The van der Waals surface area contributed by atoms with Crippen LogP contribution in [0, 0.1) is 17.3 Å². The molecule has 0 saturated heterocycles. The highest BCUT2D eigenvalue weighted by Gasteiger charge is 2.33. The van der Waals surface area contributed by atoms with E-state index in [1.165, 1.54) is 12.8 Å². The molecular weight excluding hydrogens is 224 g/mol. The fourth-order valence-corrected chi connectivity index (χ4v) is 3.23. The van der Waals surface area contributed by atoms with Crippen molar-refractivity contribution in [1.29, 1.82) is 0 Å². The molecule has 0 aromatic rings. The van der Waals surface area contributed by atoms with Gasteiger partial charge in [-0.2, -0.15) is 0 Å². The second-order valence-electron chi connectivity index (χ2n) is 6.90. The van der Waals surface area contributed by atoms with Crippen LogP contribution in [0.1, 0.15) is 59.3 Å². The number of hydrogen-bond acceptors (Lipinski definition) is 2. The van der Waals surface area contributed by atoms with Gasteiger partial charge in [0.2, 0.25) is 0 Å². The Hall–Kier alpha value is -0.790. The summed E-state index contributed by atoms with van der Waals surface area (Å²) in [5.41, 5.74) is 1.32. The standard InChI is InChI=1S/C16H26O2/c1-16(2,3)14-8-6-12(7-9-14)15(17)13-5-4-10-18-11-13/h11-12,14H,4-10H2,1-3H3. The molecule has 0 bridgehead atoms. The molecule has 18 heavy (non-hydrogen) atoms. The summed E-state index contributed by atoms with van der Waals surface area (Å²) in [5.74, 6) is 1.40. The highest BCUT2D eigenvalue weighted by molar-refractivity contribution is 5.97. The Labute approximate surface area is 111 Å². The van der Waals surface area contributed by atoms with Crippen LogP contribution in [-0.2, 0) is 9.53 Å². The van der Waals surface area contributed by atoms with Gasteiger partial charge >= 0.3 is 0 Å². The molecule has 2 heteroatoms. The van der Waals surface area contributed by atoms with Gasteiger partial charge in [0.25, 0.3) is 0 Å². The number of carbonyl (C=O) groups is 1. The molecule has 2 aliphatic rings. The molecule has 0 radical (unpaired) electrons. The Balaban J connectivity index is 1.89. The van der Waals surface area contributed by atoms with E-state index >= 15 is 0 Å². The largest absolute Gasteiger partial charge is 0.501 e. The van der Waals surface area contributed by atoms with E-state index in [4.69, 9.17) is 4.74 Å². The summed E-state index contributed by atoms with van der Waals surface area (Å²) in [6.07, 6.45) is 8.16. The van der Waals surface area contributed by atoms with E-state index in [2.05, 4.69) is 20.8 Å². The van der Waals surface area contributed by atoms with E-state index in [1.807, 2.05) is 0 Å². The lowest BCUT2D eigenvalue weighted by atomic mass is 9.68. The highest BCUT2D eigenvalue weighted by Crippen LogP contribution is 2.40. The molecule has 0 N–H and O–H groups in total. The Morgan fingerprint density at radius 2 is 1.89 bits per heavy atom. The van der Waals surface area contributed by atoms with Crippen molar-refractivity contribution < 1.29 is 9.53 Å². The van der Waals surface area contributed by atoms with Crippen LogP contribution in [0.25, 0.3) is 0 Å². The Morgan fingerprint density at radius 1 is 1.22 bits per heavy atom. The molecule has 0 amide bonds. The highest BCUT2D eigenvalue weighted by atomic mass is 16.5. The lowest BCUT2D eigenvalue weighted by Gasteiger charge is -2.36. The summed E-state index contributed by atoms with van der Waals surface area (Å²) < 4.78 is 5.29. The van der Waals surface area contributed by atoms with Crippen molar-refractivity contribution in [2.24, 2.45) is 17.3 Å². The monoisotopic (exact) mass is 250 g/mol. The molecule has 0 aromatic heterocycles. The second kappa shape index (κ2) is 5.46. The molecular formula is C16H26O2. The maximum Gasteiger partial charge on any atom is 0.164 e. The number of allylic oxidation sites excluding steroid dienone is 1. The van der Waals surface area contributed by atoms with E-state index in [9.17, 15) is 4.79 Å². The molecule has 1 aliphatic carbocycles. The van der Waals surface area contributed by atoms with E-state index < -0.39 is 0 Å². The van der Waals surface area contributed by atoms with Gasteiger partial charge in [-0.05, 0) is 49.9 Å². The van der Waals surface area contributed by atoms with Gasteiger partial charge in [0.1, 0.15) is 0 Å². The first kappa shape index (κ1) is 13.6. The maximum absolute atomic E-state index is 12.4. The predicted octanol–water partition coefficient (Wildman–Crippen LogP) is 4.10. The first-order valence-corrected chi connectivity index (χ1v) is 7.33. The van der Waals surface area contributed by atoms with Crippen molar-refractivity contribution in [3.63, 3.8) is 0 Å². The van der Waals surface area contributed by atoms with Crippen molar-refractivity contribution in [2.45, 2.75) is 59.3 Å². The fourth-order valence-electron chi connectivity index (χ4n) is 3.23. The molecule has 102 valence electrons. The number of rotatable bonds is 2. The first-order chi connectivity index (χ1) is 8.48. The zero-order valence-corrected chi connectivity index (χ0v) is 12.0.